The standard InChI is InChI=1S/C9H10N2S/c1-2-8-10-5-6-11(8)9-4-3-7-12-9/h3-7H,2H2,1H3. The van der Waals surface area contributed by atoms with Crippen molar-refractivity contribution in [3.63, 3.8) is 0 Å². The van der Waals surface area contributed by atoms with Crippen LogP contribution in [-0.4, -0.2) is 9.55 Å². The number of imidazole rings is 1. The minimum absolute atomic E-state index is 0.977. The monoisotopic (exact) mass is 178 g/mol. The zero-order valence-electron chi connectivity index (χ0n) is 6.90. The number of rotatable bonds is 2. The Morgan fingerprint density at radius 1 is 1.58 bits per heavy atom. The van der Waals surface area contributed by atoms with Gasteiger partial charge in [-0.25, -0.2) is 4.98 Å². The molecule has 0 aliphatic heterocycles. The van der Waals surface area contributed by atoms with Crippen LogP contribution in [0.5, 0.6) is 0 Å². The molecule has 0 aromatic carbocycles. The maximum absolute atomic E-state index is 4.26. The molecule has 12 heavy (non-hydrogen) atoms. The fourth-order valence-corrected chi connectivity index (χ4v) is 1.94. The molecule has 3 heteroatoms. The smallest absolute Gasteiger partial charge is 0.113 e. The van der Waals surface area contributed by atoms with Crippen LogP contribution in [0.25, 0.3) is 5.00 Å². The second-order valence-corrected chi connectivity index (χ2v) is 3.44. The summed E-state index contributed by atoms with van der Waals surface area (Å²) in [5.74, 6) is 1.12. The van der Waals surface area contributed by atoms with Gasteiger partial charge in [-0.05, 0) is 17.5 Å². The summed E-state index contributed by atoms with van der Waals surface area (Å²) in [4.78, 5) is 4.26. The minimum Gasteiger partial charge on any atom is -0.295 e. The van der Waals surface area contributed by atoms with Crippen molar-refractivity contribution in [1.82, 2.24) is 9.55 Å². The molecule has 0 spiro atoms. The Morgan fingerprint density at radius 3 is 3.17 bits per heavy atom. The molecule has 2 rings (SSSR count). The molecule has 2 nitrogen and oxygen atoms in total. The molecule has 0 unspecified atom stereocenters. The third-order valence-electron chi connectivity index (χ3n) is 1.78. The van der Waals surface area contributed by atoms with E-state index < -0.39 is 0 Å². The average molecular weight is 178 g/mol. The van der Waals surface area contributed by atoms with Crippen molar-refractivity contribution in [3.8, 4) is 5.00 Å². The van der Waals surface area contributed by atoms with Crippen LogP contribution < -0.4 is 0 Å². The topological polar surface area (TPSA) is 17.8 Å². The first-order chi connectivity index (χ1) is 5.92. The Balaban J connectivity index is 2.46. The van der Waals surface area contributed by atoms with Crippen molar-refractivity contribution in [2.45, 2.75) is 13.3 Å². The molecular weight excluding hydrogens is 168 g/mol. The van der Waals surface area contributed by atoms with E-state index in [9.17, 15) is 0 Å². The number of nitrogens with zero attached hydrogens (tertiary/aromatic N) is 2. The van der Waals surface area contributed by atoms with E-state index in [-0.39, 0.29) is 0 Å². The molecular formula is C9H10N2S. The van der Waals surface area contributed by atoms with Crippen molar-refractivity contribution in [3.05, 3.63) is 35.7 Å². The van der Waals surface area contributed by atoms with Gasteiger partial charge in [0.1, 0.15) is 10.8 Å². The second-order valence-electron chi connectivity index (χ2n) is 2.52. The van der Waals surface area contributed by atoms with Crippen LogP contribution in [0.2, 0.25) is 0 Å². The van der Waals surface area contributed by atoms with Crippen LogP contribution in [0.4, 0.5) is 0 Å². The van der Waals surface area contributed by atoms with Gasteiger partial charge in [0.25, 0.3) is 0 Å². The molecule has 2 heterocycles. The molecule has 2 aromatic heterocycles. The van der Waals surface area contributed by atoms with Crippen molar-refractivity contribution in [2.75, 3.05) is 0 Å². The van der Waals surface area contributed by atoms with Crippen LogP contribution in [0.3, 0.4) is 0 Å². The lowest BCUT2D eigenvalue weighted by Gasteiger charge is -2.00. The lowest BCUT2D eigenvalue weighted by Crippen LogP contribution is -1.95. The van der Waals surface area contributed by atoms with Crippen molar-refractivity contribution in [2.24, 2.45) is 0 Å². The van der Waals surface area contributed by atoms with Crippen LogP contribution in [0.15, 0.2) is 29.9 Å². The fraction of sp³-hybridized carbons (Fsp3) is 0.222. The molecule has 0 fully saturated rings. The fourth-order valence-electron chi connectivity index (χ4n) is 1.20. The largest absolute Gasteiger partial charge is 0.295 e. The SMILES string of the molecule is CCc1nccn1-c1cccs1. The van der Waals surface area contributed by atoms with Gasteiger partial charge in [-0.15, -0.1) is 11.3 Å². The Hall–Kier alpha value is -1.09. The molecule has 0 aliphatic rings. The van der Waals surface area contributed by atoms with Crippen molar-refractivity contribution in [1.29, 1.82) is 0 Å². The maximum Gasteiger partial charge on any atom is 0.113 e. The Kier molecular flexibility index (Phi) is 1.96. The highest BCUT2D eigenvalue weighted by Crippen LogP contribution is 2.16. The summed E-state index contributed by atoms with van der Waals surface area (Å²) in [5.41, 5.74) is 0. The van der Waals surface area contributed by atoms with E-state index in [1.54, 1.807) is 11.3 Å². The molecule has 0 saturated heterocycles. The van der Waals surface area contributed by atoms with E-state index in [1.807, 2.05) is 12.4 Å². The normalized spacial score (nSPS) is 10.4. The first-order valence-electron chi connectivity index (χ1n) is 3.98. The summed E-state index contributed by atoms with van der Waals surface area (Å²) in [6.07, 6.45) is 4.83. The first-order valence-corrected chi connectivity index (χ1v) is 4.86. The first kappa shape index (κ1) is 7.55. The minimum atomic E-state index is 0.977. The Morgan fingerprint density at radius 2 is 2.50 bits per heavy atom. The molecule has 0 amide bonds. The lowest BCUT2D eigenvalue weighted by atomic mass is 10.4. The predicted octanol–water partition coefficient (Wildman–Crippen LogP) is 2.50. The quantitative estimate of drug-likeness (QED) is 0.691. The highest BCUT2D eigenvalue weighted by atomic mass is 32.1. The molecule has 0 atom stereocenters. The van der Waals surface area contributed by atoms with Gasteiger partial charge in [-0.2, -0.15) is 0 Å². The van der Waals surface area contributed by atoms with Gasteiger partial charge in [-0.1, -0.05) is 6.92 Å². The van der Waals surface area contributed by atoms with Gasteiger partial charge in [0.05, 0.1) is 0 Å². The Labute approximate surface area is 75.5 Å². The number of hydrogen-bond acceptors (Lipinski definition) is 2. The third kappa shape index (κ3) is 1.16. The molecule has 0 N–H and O–H groups in total. The number of hydrogen-bond donors (Lipinski definition) is 0. The number of aromatic nitrogens is 2. The zero-order valence-corrected chi connectivity index (χ0v) is 7.71. The van der Waals surface area contributed by atoms with E-state index in [0.29, 0.717) is 0 Å². The van der Waals surface area contributed by atoms with Gasteiger partial charge >= 0.3 is 0 Å². The second kappa shape index (κ2) is 3.11. The molecule has 62 valence electrons. The average Bonchev–Trinajstić information content (AvgIpc) is 2.74. The summed E-state index contributed by atoms with van der Waals surface area (Å²) >= 11 is 1.73. The summed E-state index contributed by atoms with van der Waals surface area (Å²) < 4.78 is 2.13. The van der Waals surface area contributed by atoms with E-state index in [0.717, 1.165) is 12.2 Å². The highest BCUT2D eigenvalue weighted by Gasteiger charge is 2.01. The van der Waals surface area contributed by atoms with E-state index in [4.69, 9.17) is 0 Å². The predicted molar refractivity (Wildman–Crippen MR) is 50.8 cm³/mol. The van der Waals surface area contributed by atoms with Gasteiger partial charge in [0.15, 0.2) is 0 Å². The molecule has 0 bridgehead atoms. The van der Waals surface area contributed by atoms with Gasteiger partial charge < -0.3 is 0 Å². The zero-order chi connectivity index (χ0) is 8.39. The summed E-state index contributed by atoms with van der Waals surface area (Å²) in [7, 11) is 0. The van der Waals surface area contributed by atoms with Crippen LogP contribution in [0.1, 0.15) is 12.7 Å². The molecule has 0 aliphatic carbocycles. The lowest BCUT2D eigenvalue weighted by molar-refractivity contribution is 0.902. The maximum atomic E-state index is 4.26. The van der Waals surface area contributed by atoms with E-state index in [2.05, 4.69) is 34.0 Å². The molecule has 0 radical (unpaired) electrons. The van der Waals surface area contributed by atoms with Crippen molar-refractivity contribution < 1.29 is 0 Å². The van der Waals surface area contributed by atoms with Crippen molar-refractivity contribution >= 4 is 11.3 Å². The Bertz CT molecular complexity index is 348. The number of thiophene rings is 1. The van der Waals surface area contributed by atoms with Crippen LogP contribution in [-0.2, 0) is 6.42 Å². The van der Waals surface area contributed by atoms with Crippen LogP contribution >= 0.6 is 11.3 Å². The highest BCUT2D eigenvalue weighted by molar-refractivity contribution is 7.12. The summed E-state index contributed by atoms with van der Waals surface area (Å²) in [5, 5.41) is 3.32. The van der Waals surface area contributed by atoms with Gasteiger partial charge in [0, 0.05) is 18.8 Å². The summed E-state index contributed by atoms with van der Waals surface area (Å²) in [6, 6.07) is 4.16. The van der Waals surface area contributed by atoms with Crippen LogP contribution in [0, 0.1) is 0 Å². The van der Waals surface area contributed by atoms with Gasteiger partial charge in [0.2, 0.25) is 0 Å². The summed E-state index contributed by atoms with van der Waals surface area (Å²) in [6.45, 7) is 2.12. The number of aryl methyl sites for hydroxylation is 1. The molecule has 0 saturated carbocycles. The van der Waals surface area contributed by atoms with Gasteiger partial charge in [-0.3, -0.25) is 4.57 Å². The molecule has 2 aromatic rings. The third-order valence-corrected chi connectivity index (χ3v) is 2.64. The van der Waals surface area contributed by atoms with E-state index >= 15 is 0 Å². The van der Waals surface area contributed by atoms with E-state index in [1.165, 1.54) is 5.00 Å².